The summed E-state index contributed by atoms with van der Waals surface area (Å²) in [4.78, 5) is 4.89. The van der Waals surface area contributed by atoms with Gasteiger partial charge in [0, 0.05) is 42.0 Å². The SMILES string of the molecule is [2H]c1c([2H])c([2H])c2c(c1[2H])-c1cc(C(C)(C)C)cc(-c3ccc4oc5ccccc5c4c3)c1-[n+]1[c-]n(-c3cccc(Oc4ccc5c6ccccc6n(-c6cc(C(C)(C)C)ccn6)c5c4)c3)c3cc(-c4c(C([2H])([2H])[2H])cccc4C([2H])([2H])[2H])cc(c31)-c1c([2H])c([2H])c([2H])c([2H])c1-2. The summed E-state index contributed by atoms with van der Waals surface area (Å²) in [6, 6.07) is 45.1. The zero-order valence-electron chi connectivity index (χ0n) is 59.8. The number of hydrogen-bond donors (Lipinski definition) is 0. The third-order valence-corrected chi connectivity index (χ3v) is 16.0. The van der Waals surface area contributed by atoms with Crippen LogP contribution in [0.5, 0.6) is 11.5 Å². The van der Waals surface area contributed by atoms with E-state index in [1.165, 1.54) is 24.3 Å². The van der Waals surface area contributed by atoms with E-state index in [4.69, 9.17) is 22.4 Å². The first kappa shape index (κ1) is 36.5. The van der Waals surface area contributed by atoms with Crippen LogP contribution in [0, 0.1) is 20.0 Å². The molecule has 0 spiro atoms. The third kappa shape index (κ3) is 7.91. The first-order valence-corrected chi connectivity index (χ1v) is 27.3. The number of rotatable bonds is 6. The third-order valence-electron chi connectivity index (χ3n) is 16.0. The summed E-state index contributed by atoms with van der Waals surface area (Å²) in [5.41, 5.74) is 5.32. The summed E-state index contributed by atoms with van der Waals surface area (Å²) in [5, 5.41) is 3.62. The monoisotopic (exact) mass is 1070 g/mol. The highest BCUT2D eigenvalue weighted by molar-refractivity contribution is 6.10. The molecule has 0 saturated carbocycles. The second-order valence-electron chi connectivity index (χ2n) is 23.2. The Morgan fingerprint density at radius 2 is 1.17 bits per heavy atom. The number of fused-ring (bicyclic) bond motifs is 13. The highest BCUT2D eigenvalue weighted by Gasteiger charge is 2.30. The lowest BCUT2D eigenvalue weighted by Crippen LogP contribution is -2.32. The number of nitrogens with zero attached hydrogens (tertiary/aromatic N) is 4. The molecule has 82 heavy (non-hydrogen) atoms. The van der Waals surface area contributed by atoms with Gasteiger partial charge in [0.1, 0.15) is 28.5 Å². The number of ether oxygens (including phenoxy) is 1. The molecule has 0 fully saturated rings. The number of aromatic nitrogens is 4. The molecule has 6 heteroatoms. The molecule has 1 aliphatic rings. The van der Waals surface area contributed by atoms with Crippen LogP contribution in [0.1, 0.15) is 83.0 Å². The summed E-state index contributed by atoms with van der Waals surface area (Å²) in [6.45, 7) is 6.76. The maximum atomic E-state index is 10.1. The number of pyridine rings is 1. The van der Waals surface area contributed by atoms with Crippen molar-refractivity contribution in [2.24, 2.45) is 0 Å². The molecule has 0 unspecified atom stereocenters. The lowest BCUT2D eigenvalue weighted by Gasteiger charge is -2.26. The average Bonchev–Trinajstić information content (AvgIpc) is 1.45. The molecule has 5 heterocycles. The van der Waals surface area contributed by atoms with Crippen molar-refractivity contribution in [2.45, 2.75) is 66.1 Å². The van der Waals surface area contributed by atoms with Crippen LogP contribution < -0.4 is 9.30 Å². The largest absolute Gasteiger partial charge is 0.458 e. The van der Waals surface area contributed by atoms with Crippen molar-refractivity contribution in [3.05, 3.63) is 247 Å². The molecule has 0 radical (unpaired) electrons. The van der Waals surface area contributed by atoms with Crippen molar-refractivity contribution in [3.63, 3.8) is 0 Å². The Balaban J connectivity index is 1.09. The maximum Gasteiger partial charge on any atom is 0.269 e. The molecule has 4 aromatic heterocycles. The lowest BCUT2D eigenvalue weighted by molar-refractivity contribution is -0.570. The highest BCUT2D eigenvalue weighted by Crippen LogP contribution is 2.49. The van der Waals surface area contributed by atoms with Crippen molar-refractivity contribution in [2.75, 3.05) is 0 Å². The number of hydrogen-bond acceptors (Lipinski definition) is 3. The Kier molecular flexibility index (Phi) is 8.18. The topological polar surface area (TPSA) is 49.0 Å². The van der Waals surface area contributed by atoms with E-state index >= 15 is 0 Å². The van der Waals surface area contributed by atoms with Gasteiger partial charge in [-0.2, -0.15) is 0 Å². The van der Waals surface area contributed by atoms with Gasteiger partial charge in [-0.15, -0.1) is 0 Å². The van der Waals surface area contributed by atoms with Crippen LogP contribution in [0.4, 0.5) is 0 Å². The second kappa shape index (κ2) is 18.4. The second-order valence-corrected chi connectivity index (χ2v) is 23.2. The fourth-order valence-electron chi connectivity index (χ4n) is 11.9. The van der Waals surface area contributed by atoms with Gasteiger partial charge in [0.05, 0.1) is 44.4 Å². The molecule has 396 valence electrons. The van der Waals surface area contributed by atoms with Crippen LogP contribution in [0.2, 0.25) is 0 Å². The van der Waals surface area contributed by atoms with Gasteiger partial charge < -0.3 is 9.15 Å². The minimum Gasteiger partial charge on any atom is -0.458 e. The van der Waals surface area contributed by atoms with E-state index in [2.05, 4.69) is 49.9 Å². The maximum absolute atomic E-state index is 10.1. The Bertz CT molecular complexity index is 5650. The van der Waals surface area contributed by atoms with E-state index in [1.807, 2.05) is 124 Å². The summed E-state index contributed by atoms with van der Waals surface area (Å²) in [7, 11) is 0. The Morgan fingerprint density at radius 3 is 1.93 bits per heavy atom. The van der Waals surface area contributed by atoms with E-state index in [1.54, 1.807) is 33.4 Å². The number of para-hydroxylation sites is 2. The van der Waals surface area contributed by atoms with Crippen molar-refractivity contribution in [3.8, 4) is 84.3 Å². The summed E-state index contributed by atoms with van der Waals surface area (Å²) in [5.74, 6) is 1.60. The average molecular weight is 1080 g/mol. The van der Waals surface area contributed by atoms with Crippen LogP contribution in [0.15, 0.2) is 223 Å². The zero-order valence-corrected chi connectivity index (χ0v) is 45.8. The normalized spacial score (nSPS) is 15.1. The lowest BCUT2D eigenvalue weighted by atomic mass is 9.81. The Morgan fingerprint density at radius 1 is 0.512 bits per heavy atom. The number of imidazole rings is 1. The molecule has 14 aromatic rings. The molecular formula is C76H60N4O2. The van der Waals surface area contributed by atoms with E-state index in [0.29, 0.717) is 45.2 Å². The Hall–Kier alpha value is -9.78. The van der Waals surface area contributed by atoms with E-state index in [9.17, 15) is 11.0 Å². The highest BCUT2D eigenvalue weighted by atomic mass is 16.5. The molecule has 0 N–H and O–H groups in total. The van der Waals surface area contributed by atoms with E-state index in [0.717, 1.165) is 49.5 Å². The van der Waals surface area contributed by atoms with Crippen LogP contribution in [-0.2, 0) is 10.8 Å². The van der Waals surface area contributed by atoms with E-state index < -0.39 is 67.5 Å². The first-order valence-electron chi connectivity index (χ1n) is 34.3. The molecule has 0 saturated heterocycles. The van der Waals surface area contributed by atoms with Crippen LogP contribution >= 0.6 is 0 Å². The number of benzene rings is 10. The molecule has 0 aliphatic carbocycles. The molecule has 6 nitrogen and oxygen atoms in total. The molecule has 0 atom stereocenters. The Labute approximate surface area is 497 Å². The van der Waals surface area contributed by atoms with Crippen LogP contribution in [0.3, 0.4) is 0 Å². The van der Waals surface area contributed by atoms with E-state index in [-0.39, 0.29) is 72.1 Å². The van der Waals surface area contributed by atoms with Crippen molar-refractivity contribution < 1.29 is 32.9 Å². The van der Waals surface area contributed by atoms with Gasteiger partial charge >= 0.3 is 0 Å². The quantitative estimate of drug-likeness (QED) is 0.123. The van der Waals surface area contributed by atoms with Gasteiger partial charge in [0.15, 0.2) is 0 Å². The number of furan rings is 1. The van der Waals surface area contributed by atoms with Gasteiger partial charge in [-0.3, -0.25) is 13.7 Å². The van der Waals surface area contributed by atoms with Crippen LogP contribution in [-0.4, -0.2) is 14.1 Å². The van der Waals surface area contributed by atoms with Gasteiger partial charge in [-0.1, -0.05) is 175 Å². The van der Waals surface area contributed by atoms with Crippen molar-refractivity contribution >= 4 is 54.8 Å². The molecular weight excluding hydrogens is 1000 g/mol. The molecule has 15 rings (SSSR count). The van der Waals surface area contributed by atoms with Crippen LogP contribution in [0.25, 0.3) is 128 Å². The summed E-state index contributed by atoms with van der Waals surface area (Å²) >= 11 is 0. The van der Waals surface area contributed by atoms with Gasteiger partial charge in [-0.05, 0) is 175 Å². The minimum atomic E-state index is -2.90. The predicted octanol–water partition coefficient (Wildman–Crippen LogP) is 19.8. The van der Waals surface area contributed by atoms with Crippen molar-refractivity contribution in [1.29, 1.82) is 0 Å². The molecule has 0 amide bonds. The van der Waals surface area contributed by atoms with Gasteiger partial charge in [0.25, 0.3) is 6.33 Å². The van der Waals surface area contributed by atoms with Gasteiger partial charge in [-0.25, -0.2) is 4.98 Å². The fraction of sp³-hybridized carbons (Fsp3) is 0.132. The minimum absolute atomic E-state index is 0.0308. The number of aryl methyl sites for hydroxylation is 2. The predicted molar refractivity (Wildman–Crippen MR) is 337 cm³/mol. The zero-order chi connectivity index (χ0) is 67.7. The first-order chi connectivity index (χ1) is 45.5. The summed E-state index contributed by atoms with van der Waals surface area (Å²) in [6.07, 6.45) is 5.52. The molecule has 1 aliphatic heterocycles. The van der Waals surface area contributed by atoms with Crippen molar-refractivity contribution in [1.82, 2.24) is 14.1 Å². The molecule has 0 bridgehead atoms. The summed E-state index contributed by atoms with van der Waals surface area (Å²) < 4.78 is 150. The molecule has 10 aromatic carbocycles. The smallest absolute Gasteiger partial charge is 0.269 e. The fourth-order valence-corrected chi connectivity index (χ4v) is 11.9. The standard InChI is InChI=1S/C76H60N4O2/c1-46-19-17-20-47(2)72(46)49-38-64-57-25-11-9-23-55(57)56-24-10-12-26-58(56)65-41-51(76(6,7)8)40-62(48-31-34-70-63(37-48)61-28-14-16-30-69(61)82-70)73(65)79-45-78(68(39-49)74(64)79)52-21-18-22-53(43-52)81-54-32-33-60-59-27-13-15-29-66(59)80(67(60)44-54)71-42-50(35-36-77-71)75(3,4)5/h9-44H,1-8H3/i1D3,2D3,9D,10D,11D,12D,23D,24D,25D,26D. The van der Waals surface area contributed by atoms with Gasteiger partial charge in [0.2, 0.25) is 0 Å².